The second-order valence-electron chi connectivity index (χ2n) is 3.45. The number of benzene rings is 1. The van der Waals surface area contributed by atoms with Crippen molar-refractivity contribution >= 4 is 17.5 Å². The van der Waals surface area contributed by atoms with Crippen LogP contribution in [0.25, 0.3) is 0 Å². The van der Waals surface area contributed by atoms with Crippen molar-refractivity contribution in [3.8, 4) is 0 Å². The summed E-state index contributed by atoms with van der Waals surface area (Å²) in [5.41, 5.74) is 11.5. The van der Waals surface area contributed by atoms with Gasteiger partial charge in [-0.05, 0) is 30.7 Å². The van der Waals surface area contributed by atoms with Crippen molar-refractivity contribution in [3.63, 3.8) is 0 Å². The first-order valence-corrected chi connectivity index (χ1v) is 5.00. The normalized spacial score (nSPS) is 11.8. The maximum atomic E-state index is 11.0. The first kappa shape index (κ1) is 12.0. The summed E-state index contributed by atoms with van der Waals surface area (Å²) in [6, 6.07) is 6.16. The van der Waals surface area contributed by atoms with Gasteiger partial charge in [0.15, 0.2) is 0 Å². The fourth-order valence-electron chi connectivity index (χ4n) is 1.31. The zero-order valence-electron chi connectivity index (χ0n) is 9.07. The average Bonchev–Trinajstić information content (AvgIpc) is 2.26. The molecule has 5 nitrogen and oxygen atoms in total. The van der Waals surface area contributed by atoms with Gasteiger partial charge < -0.3 is 16.8 Å². The van der Waals surface area contributed by atoms with E-state index in [2.05, 4.69) is 5.32 Å². The Morgan fingerprint density at radius 1 is 1.25 bits per heavy atom. The van der Waals surface area contributed by atoms with Crippen LogP contribution in [0, 0.1) is 0 Å². The standard InChI is InChI=1S/C11H15N3O2/c1-2-9(11(13)16)14-8-5-3-7(4-6-8)10(12)15/h3-6,9,14H,2H2,1H3,(H2,12,15)(H2,13,16). The molecule has 5 N–H and O–H groups in total. The Labute approximate surface area is 93.8 Å². The summed E-state index contributed by atoms with van der Waals surface area (Å²) in [5.74, 6) is -0.880. The maximum Gasteiger partial charge on any atom is 0.248 e. The summed E-state index contributed by atoms with van der Waals surface area (Å²) in [6.07, 6.45) is 0.604. The molecule has 1 atom stereocenters. The number of nitrogens with two attached hydrogens (primary N) is 2. The molecule has 1 aromatic rings. The molecular weight excluding hydrogens is 206 g/mol. The summed E-state index contributed by atoms with van der Waals surface area (Å²) in [7, 11) is 0. The van der Waals surface area contributed by atoms with Gasteiger partial charge in [0.1, 0.15) is 6.04 Å². The van der Waals surface area contributed by atoms with Crippen molar-refractivity contribution in [2.45, 2.75) is 19.4 Å². The Bertz CT molecular complexity index is 387. The van der Waals surface area contributed by atoms with Crippen molar-refractivity contribution in [2.75, 3.05) is 5.32 Å². The van der Waals surface area contributed by atoms with Gasteiger partial charge in [0.2, 0.25) is 11.8 Å². The topological polar surface area (TPSA) is 98.2 Å². The third-order valence-corrected chi connectivity index (χ3v) is 2.26. The summed E-state index contributed by atoms with van der Waals surface area (Å²) < 4.78 is 0. The fraction of sp³-hybridized carbons (Fsp3) is 0.273. The second kappa shape index (κ2) is 5.16. The third-order valence-electron chi connectivity index (χ3n) is 2.26. The molecule has 0 aliphatic heterocycles. The Morgan fingerprint density at radius 2 is 1.81 bits per heavy atom. The number of hydrogen-bond acceptors (Lipinski definition) is 3. The van der Waals surface area contributed by atoms with Gasteiger partial charge in [0, 0.05) is 11.3 Å². The monoisotopic (exact) mass is 221 g/mol. The average molecular weight is 221 g/mol. The number of anilines is 1. The number of nitrogens with one attached hydrogen (secondary N) is 1. The Balaban J connectivity index is 2.75. The zero-order chi connectivity index (χ0) is 12.1. The first-order chi connectivity index (χ1) is 7.54. The molecule has 0 heterocycles. The molecule has 1 unspecified atom stereocenters. The minimum atomic E-state index is -0.478. The van der Waals surface area contributed by atoms with Crippen LogP contribution in [0.15, 0.2) is 24.3 Å². The second-order valence-corrected chi connectivity index (χ2v) is 3.45. The van der Waals surface area contributed by atoms with Crippen LogP contribution in [0.2, 0.25) is 0 Å². The quantitative estimate of drug-likeness (QED) is 0.673. The van der Waals surface area contributed by atoms with E-state index in [1.54, 1.807) is 24.3 Å². The molecule has 0 saturated carbocycles. The van der Waals surface area contributed by atoms with Crippen molar-refractivity contribution < 1.29 is 9.59 Å². The third kappa shape index (κ3) is 2.98. The SMILES string of the molecule is CCC(Nc1ccc(C(N)=O)cc1)C(N)=O. The molecule has 0 spiro atoms. The highest BCUT2D eigenvalue weighted by Gasteiger charge is 2.11. The molecule has 0 saturated heterocycles. The van der Waals surface area contributed by atoms with E-state index in [-0.39, 0.29) is 0 Å². The lowest BCUT2D eigenvalue weighted by Gasteiger charge is -2.14. The van der Waals surface area contributed by atoms with Crippen LogP contribution in [-0.2, 0) is 4.79 Å². The van der Waals surface area contributed by atoms with Gasteiger partial charge in [-0.1, -0.05) is 6.92 Å². The molecule has 2 amide bonds. The lowest BCUT2D eigenvalue weighted by atomic mass is 10.1. The van der Waals surface area contributed by atoms with Crippen LogP contribution >= 0.6 is 0 Å². The summed E-state index contributed by atoms with van der Waals surface area (Å²) in [5, 5.41) is 2.97. The molecule has 0 bridgehead atoms. The molecule has 0 radical (unpaired) electrons. The number of primary amides is 2. The zero-order valence-corrected chi connectivity index (χ0v) is 9.07. The van der Waals surface area contributed by atoms with Gasteiger partial charge in [-0.2, -0.15) is 0 Å². The van der Waals surface area contributed by atoms with Gasteiger partial charge >= 0.3 is 0 Å². The maximum absolute atomic E-state index is 11.0. The number of hydrogen-bond donors (Lipinski definition) is 3. The predicted molar refractivity (Wildman–Crippen MR) is 61.9 cm³/mol. The molecule has 86 valence electrons. The highest BCUT2D eigenvalue weighted by molar-refractivity contribution is 5.93. The van der Waals surface area contributed by atoms with Gasteiger partial charge in [-0.15, -0.1) is 0 Å². The fourth-order valence-corrected chi connectivity index (χ4v) is 1.31. The smallest absolute Gasteiger partial charge is 0.248 e. The lowest BCUT2D eigenvalue weighted by Crippen LogP contribution is -2.34. The number of amides is 2. The van der Waals surface area contributed by atoms with Gasteiger partial charge in [0.05, 0.1) is 0 Å². The summed E-state index contributed by atoms with van der Waals surface area (Å²) >= 11 is 0. The van der Waals surface area contributed by atoms with E-state index < -0.39 is 17.9 Å². The molecule has 0 fully saturated rings. The number of rotatable bonds is 5. The Kier molecular flexibility index (Phi) is 3.88. The molecular formula is C11H15N3O2. The summed E-state index contributed by atoms with van der Waals surface area (Å²) in [6.45, 7) is 1.86. The van der Waals surface area contributed by atoms with Crippen LogP contribution in [0.1, 0.15) is 23.7 Å². The van der Waals surface area contributed by atoms with Crippen LogP contribution in [0.3, 0.4) is 0 Å². The van der Waals surface area contributed by atoms with Crippen LogP contribution in [0.5, 0.6) is 0 Å². The predicted octanol–water partition coefficient (Wildman–Crippen LogP) is 0.461. The van der Waals surface area contributed by atoms with E-state index >= 15 is 0 Å². The Morgan fingerprint density at radius 3 is 2.19 bits per heavy atom. The highest BCUT2D eigenvalue weighted by atomic mass is 16.1. The molecule has 0 aliphatic carbocycles. The Hall–Kier alpha value is -2.04. The van der Waals surface area contributed by atoms with Crippen LogP contribution in [-0.4, -0.2) is 17.9 Å². The number of carbonyl (C=O) groups is 2. The van der Waals surface area contributed by atoms with Gasteiger partial charge in [-0.25, -0.2) is 0 Å². The van der Waals surface area contributed by atoms with Crippen molar-refractivity contribution in [1.82, 2.24) is 0 Å². The van der Waals surface area contributed by atoms with Gasteiger partial charge in [0.25, 0.3) is 0 Å². The lowest BCUT2D eigenvalue weighted by molar-refractivity contribution is -0.118. The first-order valence-electron chi connectivity index (χ1n) is 5.00. The minimum absolute atomic E-state index is 0.401. The molecule has 16 heavy (non-hydrogen) atoms. The molecule has 0 aliphatic rings. The van der Waals surface area contributed by atoms with E-state index in [0.29, 0.717) is 12.0 Å². The van der Waals surface area contributed by atoms with Crippen LogP contribution in [0.4, 0.5) is 5.69 Å². The van der Waals surface area contributed by atoms with E-state index in [1.165, 1.54) is 0 Å². The minimum Gasteiger partial charge on any atom is -0.374 e. The number of carbonyl (C=O) groups excluding carboxylic acids is 2. The highest BCUT2D eigenvalue weighted by Crippen LogP contribution is 2.11. The van der Waals surface area contributed by atoms with Crippen molar-refractivity contribution in [2.24, 2.45) is 11.5 Å². The van der Waals surface area contributed by atoms with E-state index in [9.17, 15) is 9.59 Å². The molecule has 5 heteroatoms. The van der Waals surface area contributed by atoms with Crippen molar-refractivity contribution in [1.29, 1.82) is 0 Å². The molecule has 0 aromatic heterocycles. The van der Waals surface area contributed by atoms with Crippen molar-refractivity contribution in [3.05, 3.63) is 29.8 Å². The van der Waals surface area contributed by atoms with E-state index in [1.807, 2.05) is 6.92 Å². The molecule has 1 rings (SSSR count). The largest absolute Gasteiger partial charge is 0.374 e. The van der Waals surface area contributed by atoms with E-state index in [4.69, 9.17) is 11.5 Å². The van der Waals surface area contributed by atoms with E-state index in [0.717, 1.165) is 5.69 Å². The summed E-state index contributed by atoms with van der Waals surface area (Å²) in [4.78, 5) is 21.8. The van der Waals surface area contributed by atoms with Gasteiger partial charge in [-0.3, -0.25) is 9.59 Å². The molecule has 1 aromatic carbocycles. The van der Waals surface area contributed by atoms with Crippen LogP contribution < -0.4 is 16.8 Å².